The molecule has 2 N–H and O–H groups in total. The number of aryl methyl sites for hydroxylation is 2. The van der Waals surface area contributed by atoms with Crippen LogP contribution in [0.25, 0.3) is 0 Å². The fourth-order valence-electron chi connectivity index (χ4n) is 2.01. The number of nitrogens with one attached hydrogen (secondary N) is 2. The number of anilines is 2. The molecule has 0 aliphatic carbocycles. The van der Waals surface area contributed by atoms with Crippen molar-refractivity contribution in [3.63, 3.8) is 0 Å². The van der Waals surface area contributed by atoms with Crippen LogP contribution in [0.1, 0.15) is 21.5 Å². The van der Waals surface area contributed by atoms with E-state index in [-0.39, 0.29) is 5.91 Å². The van der Waals surface area contributed by atoms with Crippen LogP contribution in [0.4, 0.5) is 11.4 Å². The zero-order valence-electron chi connectivity index (χ0n) is 12.3. The average Bonchev–Trinajstić information content (AvgIpc) is 2.48. The number of aromatic nitrogens is 1. The predicted octanol–water partition coefficient (Wildman–Crippen LogP) is 3.36. The lowest BCUT2D eigenvalue weighted by molar-refractivity contribution is 0.0957. The van der Waals surface area contributed by atoms with Crippen LogP contribution in [0.2, 0.25) is 0 Å². The molecule has 0 aliphatic heterocycles. The highest BCUT2D eigenvalue weighted by Gasteiger charge is 2.06. The number of carbonyl (C=O) groups is 1. The van der Waals surface area contributed by atoms with Gasteiger partial charge in [0.25, 0.3) is 5.91 Å². The summed E-state index contributed by atoms with van der Waals surface area (Å²) in [5.74, 6) is -0.160. The number of carbonyl (C=O) groups excluding carboxylic acids is 1. The Balaban J connectivity index is 2.17. The summed E-state index contributed by atoms with van der Waals surface area (Å²) >= 11 is 0. The zero-order valence-corrected chi connectivity index (χ0v) is 12.3. The fraction of sp³-hybridized carbons (Fsp3) is 0.176. The van der Waals surface area contributed by atoms with E-state index in [9.17, 15) is 4.79 Å². The van der Waals surface area contributed by atoms with Gasteiger partial charge in [-0.1, -0.05) is 23.8 Å². The summed E-state index contributed by atoms with van der Waals surface area (Å²) in [6.07, 6.45) is 4.89. The van der Waals surface area contributed by atoms with E-state index in [4.69, 9.17) is 0 Å². The van der Waals surface area contributed by atoms with Gasteiger partial charge in [0, 0.05) is 18.4 Å². The normalized spacial score (nSPS) is 10.0. The van der Waals surface area contributed by atoms with Crippen molar-refractivity contribution in [3.8, 4) is 0 Å². The van der Waals surface area contributed by atoms with Gasteiger partial charge in [0.05, 0.1) is 17.4 Å². The Labute approximate surface area is 124 Å². The number of benzene rings is 1. The fourth-order valence-corrected chi connectivity index (χ4v) is 2.01. The molecular formula is C17H19N3O. The van der Waals surface area contributed by atoms with E-state index in [1.54, 1.807) is 24.5 Å². The molecule has 4 heteroatoms. The summed E-state index contributed by atoms with van der Waals surface area (Å²) in [4.78, 5) is 16.0. The molecule has 0 radical (unpaired) electrons. The quantitative estimate of drug-likeness (QED) is 0.826. The Bertz CT molecular complexity index is 665. The highest BCUT2D eigenvalue weighted by Crippen LogP contribution is 2.21. The van der Waals surface area contributed by atoms with E-state index in [1.165, 1.54) is 5.56 Å². The number of nitrogens with zero attached hydrogens (tertiary/aromatic N) is 1. The van der Waals surface area contributed by atoms with Gasteiger partial charge in [-0.15, -0.1) is 6.58 Å². The molecule has 1 heterocycles. The summed E-state index contributed by atoms with van der Waals surface area (Å²) in [5.41, 5.74) is 4.68. The van der Waals surface area contributed by atoms with E-state index in [0.717, 1.165) is 16.9 Å². The van der Waals surface area contributed by atoms with Gasteiger partial charge in [-0.3, -0.25) is 9.78 Å². The van der Waals surface area contributed by atoms with Crippen LogP contribution in [0.3, 0.4) is 0 Å². The lowest BCUT2D eigenvalue weighted by Crippen LogP contribution is -2.23. The van der Waals surface area contributed by atoms with Crippen molar-refractivity contribution in [1.29, 1.82) is 0 Å². The van der Waals surface area contributed by atoms with E-state index in [1.807, 2.05) is 19.1 Å². The molecule has 21 heavy (non-hydrogen) atoms. The minimum absolute atomic E-state index is 0.160. The average molecular weight is 281 g/mol. The molecule has 1 aromatic carbocycles. The van der Waals surface area contributed by atoms with Gasteiger partial charge in [-0.05, 0) is 31.5 Å². The van der Waals surface area contributed by atoms with Crippen molar-refractivity contribution >= 4 is 17.3 Å². The number of amides is 1. The Morgan fingerprint density at radius 1 is 1.29 bits per heavy atom. The van der Waals surface area contributed by atoms with Crippen molar-refractivity contribution in [2.45, 2.75) is 13.8 Å². The summed E-state index contributed by atoms with van der Waals surface area (Å²) in [5, 5.41) is 6.02. The van der Waals surface area contributed by atoms with Crippen molar-refractivity contribution in [2.24, 2.45) is 0 Å². The molecule has 2 aromatic rings. The molecule has 2 rings (SSSR count). The molecular weight excluding hydrogens is 262 g/mol. The van der Waals surface area contributed by atoms with Gasteiger partial charge in [-0.2, -0.15) is 0 Å². The van der Waals surface area contributed by atoms with Crippen molar-refractivity contribution in [2.75, 3.05) is 11.9 Å². The van der Waals surface area contributed by atoms with Crippen LogP contribution in [-0.4, -0.2) is 17.4 Å². The topological polar surface area (TPSA) is 54.0 Å². The van der Waals surface area contributed by atoms with Crippen LogP contribution >= 0.6 is 0 Å². The second kappa shape index (κ2) is 6.70. The number of pyridine rings is 1. The molecule has 1 aromatic heterocycles. The van der Waals surface area contributed by atoms with E-state index in [2.05, 4.69) is 35.2 Å². The molecule has 0 spiro atoms. The third-order valence-corrected chi connectivity index (χ3v) is 3.07. The molecule has 1 amide bonds. The second-order valence-electron chi connectivity index (χ2n) is 4.90. The maximum Gasteiger partial charge on any atom is 0.253 e. The highest BCUT2D eigenvalue weighted by molar-refractivity contribution is 5.94. The third kappa shape index (κ3) is 3.92. The Hall–Kier alpha value is -2.62. The van der Waals surface area contributed by atoms with E-state index >= 15 is 0 Å². The first-order valence-electron chi connectivity index (χ1n) is 6.78. The zero-order chi connectivity index (χ0) is 15.2. The monoisotopic (exact) mass is 281 g/mol. The summed E-state index contributed by atoms with van der Waals surface area (Å²) in [6, 6.07) is 7.96. The Kier molecular flexibility index (Phi) is 4.72. The maximum atomic E-state index is 11.9. The van der Waals surface area contributed by atoms with Gasteiger partial charge in [0.2, 0.25) is 0 Å². The Morgan fingerprint density at radius 3 is 2.81 bits per heavy atom. The lowest BCUT2D eigenvalue weighted by atomic mass is 10.1. The predicted molar refractivity (Wildman–Crippen MR) is 86.0 cm³/mol. The number of rotatable bonds is 5. The Morgan fingerprint density at radius 2 is 2.10 bits per heavy atom. The van der Waals surface area contributed by atoms with E-state index < -0.39 is 0 Å². The molecule has 0 unspecified atom stereocenters. The smallest absolute Gasteiger partial charge is 0.253 e. The molecule has 0 fully saturated rings. The second-order valence-corrected chi connectivity index (χ2v) is 4.90. The van der Waals surface area contributed by atoms with Gasteiger partial charge in [0.1, 0.15) is 0 Å². The van der Waals surface area contributed by atoms with E-state index in [0.29, 0.717) is 12.1 Å². The minimum Gasteiger partial charge on any atom is -0.354 e. The van der Waals surface area contributed by atoms with Crippen LogP contribution in [0.15, 0.2) is 49.3 Å². The first-order chi connectivity index (χ1) is 10.1. The minimum atomic E-state index is -0.160. The molecule has 0 bridgehead atoms. The summed E-state index contributed by atoms with van der Waals surface area (Å²) in [6.45, 7) is 8.12. The van der Waals surface area contributed by atoms with Crippen LogP contribution in [0.5, 0.6) is 0 Å². The van der Waals surface area contributed by atoms with Crippen LogP contribution in [-0.2, 0) is 0 Å². The van der Waals surface area contributed by atoms with Gasteiger partial charge in [-0.25, -0.2) is 0 Å². The van der Waals surface area contributed by atoms with Crippen molar-refractivity contribution in [1.82, 2.24) is 10.3 Å². The molecule has 0 atom stereocenters. The first-order valence-corrected chi connectivity index (χ1v) is 6.78. The van der Waals surface area contributed by atoms with Crippen molar-refractivity contribution < 1.29 is 4.79 Å². The lowest BCUT2D eigenvalue weighted by Gasteiger charge is -2.11. The highest BCUT2D eigenvalue weighted by atomic mass is 16.1. The van der Waals surface area contributed by atoms with Gasteiger partial charge >= 0.3 is 0 Å². The van der Waals surface area contributed by atoms with Crippen molar-refractivity contribution in [3.05, 3.63) is 66.0 Å². The molecule has 108 valence electrons. The van der Waals surface area contributed by atoms with Gasteiger partial charge < -0.3 is 10.6 Å². The maximum absolute atomic E-state index is 11.9. The van der Waals surface area contributed by atoms with Crippen LogP contribution < -0.4 is 10.6 Å². The first kappa shape index (κ1) is 14.8. The van der Waals surface area contributed by atoms with Gasteiger partial charge in [0.15, 0.2) is 0 Å². The molecule has 0 saturated heterocycles. The molecule has 0 saturated carbocycles. The number of hydrogen-bond acceptors (Lipinski definition) is 3. The summed E-state index contributed by atoms with van der Waals surface area (Å²) < 4.78 is 0. The molecule has 0 aliphatic rings. The van der Waals surface area contributed by atoms with Crippen LogP contribution in [0, 0.1) is 13.8 Å². The third-order valence-electron chi connectivity index (χ3n) is 3.07. The summed E-state index contributed by atoms with van der Waals surface area (Å²) in [7, 11) is 0. The largest absolute Gasteiger partial charge is 0.354 e. The SMILES string of the molecule is C=CCNC(=O)c1cncc(Nc2ccc(C)cc2C)c1. The number of hydrogen-bond donors (Lipinski definition) is 2. The molecule has 4 nitrogen and oxygen atoms in total. The standard InChI is InChI=1S/C17H19N3O/c1-4-7-19-17(21)14-9-15(11-18-10-14)20-16-6-5-12(2)8-13(16)3/h4-6,8-11,20H,1,7H2,2-3H3,(H,19,21).